The molecule has 1 aliphatic heterocycles. The Bertz CT molecular complexity index is 1260. The zero-order chi connectivity index (χ0) is 22.6. The van der Waals surface area contributed by atoms with E-state index in [0.29, 0.717) is 29.6 Å². The third-order valence-corrected chi connectivity index (χ3v) is 5.91. The lowest BCUT2D eigenvalue weighted by Gasteiger charge is -2.22. The number of pyridine rings is 1. The normalized spacial score (nSPS) is 14.3. The van der Waals surface area contributed by atoms with Gasteiger partial charge in [0.15, 0.2) is 5.65 Å². The fourth-order valence-electron chi connectivity index (χ4n) is 4.10. The fourth-order valence-corrected chi connectivity index (χ4v) is 4.10. The lowest BCUT2D eigenvalue weighted by atomic mass is 9.98. The van der Waals surface area contributed by atoms with Crippen LogP contribution >= 0.6 is 0 Å². The van der Waals surface area contributed by atoms with Gasteiger partial charge in [-0.05, 0) is 85.9 Å². The first kappa shape index (κ1) is 21.1. The monoisotopic (exact) mass is 444 g/mol. The SMILES string of the molecule is O=C(NCC1CCNCC1)c1ccc(Nc2nc3c(-c4cccc(F)c4)cccn3n2)cc1. The summed E-state index contributed by atoms with van der Waals surface area (Å²) in [6.45, 7) is 2.74. The number of hydrogen-bond donors (Lipinski definition) is 3. The predicted octanol–water partition coefficient (Wildman–Crippen LogP) is 4.01. The molecule has 1 fully saturated rings. The number of carbonyl (C=O) groups excluding carboxylic acids is 1. The van der Waals surface area contributed by atoms with Crippen molar-refractivity contribution in [2.75, 3.05) is 25.0 Å². The highest BCUT2D eigenvalue weighted by Gasteiger charge is 2.15. The first-order valence-electron chi connectivity index (χ1n) is 11.1. The smallest absolute Gasteiger partial charge is 0.251 e. The van der Waals surface area contributed by atoms with Crippen LogP contribution in [-0.4, -0.2) is 40.1 Å². The largest absolute Gasteiger partial charge is 0.352 e. The van der Waals surface area contributed by atoms with Crippen molar-refractivity contribution in [2.24, 2.45) is 5.92 Å². The molecule has 4 aromatic rings. The highest BCUT2D eigenvalue weighted by molar-refractivity contribution is 5.94. The fraction of sp³-hybridized carbons (Fsp3) is 0.240. The predicted molar refractivity (Wildman–Crippen MR) is 126 cm³/mol. The molecular weight excluding hydrogens is 419 g/mol. The van der Waals surface area contributed by atoms with Crippen LogP contribution in [0.4, 0.5) is 16.0 Å². The van der Waals surface area contributed by atoms with Crippen LogP contribution in [0.2, 0.25) is 0 Å². The number of fused-ring (bicyclic) bond motifs is 1. The van der Waals surface area contributed by atoms with E-state index in [1.54, 1.807) is 28.9 Å². The van der Waals surface area contributed by atoms with Crippen molar-refractivity contribution < 1.29 is 9.18 Å². The quantitative estimate of drug-likeness (QED) is 0.419. The number of hydrogen-bond acceptors (Lipinski definition) is 5. The third kappa shape index (κ3) is 4.85. The molecule has 0 aliphatic carbocycles. The van der Waals surface area contributed by atoms with Crippen LogP contribution in [-0.2, 0) is 0 Å². The topological polar surface area (TPSA) is 83.4 Å². The molecule has 33 heavy (non-hydrogen) atoms. The number of amides is 1. The number of nitrogens with one attached hydrogen (secondary N) is 3. The van der Waals surface area contributed by atoms with Crippen molar-refractivity contribution in [3.8, 4) is 11.1 Å². The van der Waals surface area contributed by atoms with Crippen molar-refractivity contribution in [1.29, 1.82) is 0 Å². The molecule has 3 N–H and O–H groups in total. The summed E-state index contributed by atoms with van der Waals surface area (Å²) in [7, 11) is 0. The van der Waals surface area contributed by atoms with Crippen LogP contribution in [0.5, 0.6) is 0 Å². The van der Waals surface area contributed by atoms with E-state index in [0.717, 1.165) is 42.7 Å². The molecule has 0 unspecified atom stereocenters. The maximum absolute atomic E-state index is 13.7. The number of halogens is 1. The summed E-state index contributed by atoms with van der Waals surface area (Å²) in [5, 5.41) is 14.0. The molecule has 1 saturated heterocycles. The van der Waals surface area contributed by atoms with Gasteiger partial charge in [-0.3, -0.25) is 4.79 Å². The van der Waals surface area contributed by atoms with Gasteiger partial charge in [0.25, 0.3) is 5.91 Å². The number of benzene rings is 2. The maximum atomic E-state index is 13.7. The van der Waals surface area contributed by atoms with E-state index in [2.05, 4.69) is 26.0 Å². The van der Waals surface area contributed by atoms with E-state index >= 15 is 0 Å². The lowest BCUT2D eigenvalue weighted by Crippen LogP contribution is -2.35. The van der Waals surface area contributed by atoms with Crippen molar-refractivity contribution in [1.82, 2.24) is 25.2 Å². The molecule has 5 rings (SSSR count). The first-order chi connectivity index (χ1) is 16.2. The Labute approximate surface area is 191 Å². The molecular formula is C25H25FN6O. The van der Waals surface area contributed by atoms with Crippen LogP contribution in [0, 0.1) is 11.7 Å². The van der Waals surface area contributed by atoms with Crippen molar-refractivity contribution in [3.05, 3.63) is 78.2 Å². The summed E-state index contributed by atoms with van der Waals surface area (Å²) in [6, 6.07) is 17.4. The van der Waals surface area contributed by atoms with E-state index in [9.17, 15) is 9.18 Å². The molecule has 7 nitrogen and oxygen atoms in total. The van der Waals surface area contributed by atoms with Crippen molar-refractivity contribution >= 4 is 23.2 Å². The maximum Gasteiger partial charge on any atom is 0.251 e. The van der Waals surface area contributed by atoms with E-state index in [1.807, 2.05) is 30.3 Å². The van der Waals surface area contributed by atoms with E-state index in [4.69, 9.17) is 0 Å². The Kier molecular flexibility index (Phi) is 5.99. The number of anilines is 2. The number of carbonyl (C=O) groups is 1. The van der Waals surface area contributed by atoms with Gasteiger partial charge in [-0.2, -0.15) is 4.98 Å². The van der Waals surface area contributed by atoms with Crippen LogP contribution in [0.1, 0.15) is 23.2 Å². The average molecular weight is 445 g/mol. The minimum Gasteiger partial charge on any atom is -0.352 e. The van der Waals surface area contributed by atoms with Gasteiger partial charge >= 0.3 is 0 Å². The molecule has 3 heterocycles. The van der Waals surface area contributed by atoms with Crippen LogP contribution < -0.4 is 16.0 Å². The summed E-state index contributed by atoms with van der Waals surface area (Å²) in [6.07, 6.45) is 3.98. The highest BCUT2D eigenvalue weighted by Crippen LogP contribution is 2.25. The molecule has 0 radical (unpaired) electrons. The van der Waals surface area contributed by atoms with Crippen LogP contribution in [0.15, 0.2) is 66.9 Å². The third-order valence-electron chi connectivity index (χ3n) is 5.91. The summed E-state index contributed by atoms with van der Waals surface area (Å²) >= 11 is 0. The summed E-state index contributed by atoms with van der Waals surface area (Å²) in [5.41, 5.74) is 3.54. The number of nitrogens with zero attached hydrogens (tertiary/aromatic N) is 3. The Morgan fingerprint density at radius 3 is 2.70 bits per heavy atom. The zero-order valence-electron chi connectivity index (χ0n) is 18.1. The Hall–Kier alpha value is -3.78. The number of piperidine rings is 1. The van der Waals surface area contributed by atoms with Gasteiger partial charge in [-0.25, -0.2) is 8.91 Å². The van der Waals surface area contributed by atoms with Gasteiger partial charge in [0.05, 0.1) is 0 Å². The number of aromatic nitrogens is 3. The van der Waals surface area contributed by atoms with Crippen LogP contribution in [0.3, 0.4) is 0 Å². The highest BCUT2D eigenvalue weighted by atomic mass is 19.1. The van der Waals surface area contributed by atoms with Gasteiger partial charge < -0.3 is 16.0 Å². The lowest BCUT2D eigenvalue weighted by molar-refractivity contribution is 0.0944. The number of rotatable bonds is 6. The van der Waals surface area contributed by atoms with Gasteiger partial charge in [0.2, 0.25) is 5.95 Å². The minimum atomic E-state index is -0.299. The molecule has 0 spiro atoms. The molecule has 1 aliphatic rings. The zero-order valence-corrected chi connectivity index (χ0v) is 18.1. The summed E-state index contributed by atoms with van der Waals surface area (Å²) in [5.74, 6) is 0.592. The molecule has 8 heteroatoms. The van der Waals surface area contributed by atoms with E-state index in [-0.39, 0.29) is 11.7 Å². The second-order valence-corrected chi connectivity index (χ2v) is 8.24. The average Bonchev–Trinajstić information content (AvgIpc) is 3.26. The van der Waals surface area contributed by atoms with E-state index in [1.165, 1.54) is 12.1 Å². The standard InChI is InChI=1S/C25H25FN6O/c26-20-4-1-3-19(15-20)22-5-2-14-32-23(22)30-25(31-32)29-21-8-6-18(7-9-21)24(33)28-16-17-10-12-27-13-11-17/h1-9,14-15,17,27H,10-13,16H2,(H,28,33)(H,29,31). The van der Waals surface area contributed by atoms with Gasteiger partial charge in [-0.15, -0.1) is 5.10 Å². The first-order valence-corrected chi connectivity index (χ1v) is 11.1. The van der Waals surface area contributed by atoms with Gasteiger partial charge in [0.1, 0.15) is 5.82 Å². The molecule has 0 saturated carbocycles. The Morgan fingerprint density at radius 2 is 1.91 bits per heavy atom. The molecule has 0 atom stereocenters. The van der Waals surface area contributed by atoms with Crippen molar-refractivity contribution in [3.63, 3.8) is 0 Å². The summed E-state index contributed by atoms with van der Waals surface area (Å²) in [4.78, 5) is 17.1. The van der Waals surface area contributed by atoms with Crippen LogP contribution in [0.25, 0.3) is 16.8 Å². The molecule has 2 aromatic heterocycles. The van der Waals surface area contributed by atoms with E-state index < -0.39 is 0 Å². The molecule has 2 aromatic carbocycles. The minimum absolute atomic E-state index is 0.0642. The van der Waals surface area contributed by atoms with Gasteiger partial charge in [0, 0.05) is 29.6 Å². The molecule has 1 amide bonds. The van der Waals surface area contributed by atoms with Gasteiger partial charge in [-0.1, -0.05) is 12.1 Å². The molecule has 168 valence electrons. The summed E-state index contributed by atoms with van der Waals surface area (Å²) < 4.78 is 15.3. The second kappa shape index (κ2) is 9.38. The Balaban J connectivity index is 1.28. The van der Waals surface area contributed by atoms with Crippen molar-refractivity contribution in [2.45, 2.75) is 12.8 Å². The Morgan fingerprint density at radius 1 is 1.09 bits per heavy atom. The second-order valence-electron chi connectivity index (χ2n) is 8.24. The molecule has 0 bridgehead atoms.